The molecule has 0 atom stereocenters. The molecule has 1 aliphatic heterocycles. The Balaban J connectivity index is 1.47. The van der Waals surface area contributed by atoms with Crippen LogP contribution in [-0.4, -0.2) is 41.2 Å². The van der Waals surface area contributed by atoms with Crippen LogP contribution in [-0.2, 0) is 26.7 Å². The van der Waals surface area contributed by atoms with Crippen molar-refractivity contribution in [1.29, 1.82) is 0 Å². The Labute approximate surface area is 145 Å². The number of nitrogens with one attached hydrogen (secondary N) is 1. The van der Waals surface area contributed by atoms with Gasteiger partial charge >= 0.3 is 0 Å². The van der Waals surface area contributed by atoms with Gasteiger partial charge in [-0.1, -0.05) is 11.8 Å². The molecule has 4 rings (SSSR count). The number of fused-ring (bicyclic) bond motifs is 1. The molecule has 0 aliphatic carbocycles. The molecule has 126 valence electrons. The first kappa shape index (κ1) is 15.5. The lowest BCUT2D eigenvalue weighted by atomic mass is 10.3. The summed E-state index contributed by atoms with van der Waals surface area (Å²) in [5, 5.41) is 9.23. The van der Waals surface area contributed by atoms with Crippen LogP contribution in [0.2, 0.25) is 0 Å². The maximum absolute atomic E-state index is 4.76. The van der Waals surface area contributed by atoms with E-state index in [0.717, 1.165) is 55.0 Å². The minimum Gasteiger partial charge on any atom is -0.329 e. The summed E-state index contributed by atoms with van der Waals surface area (Å²) >= 11 is 1.75. The molecule has 0 spiro atoms. The lowest BCUT2D eigenvalue weighted by Crippen LogP contribution is -2.11. The third kappa shape index (κ3) is 3.11. The fourth-order valence-electron chi connectivity index (χ4n) is 2.92. The molecule has 1 aliphatic rings. The van der Waals surface area contributed by atoms with E-state index in [1.165, 1.54) is 5.69 Å². The van der Waals surface area contributed by atoms with Crippen LogP contribution in [0.5, 0.6) is 0 Å². The normalized spacial score (nSPS) is 14.5. The zero-order valence-corrected chi connectivity index (χ0v) is 14.5. The van der Waals surface area contributed by atoms with E-state index < -0.39 is 0 Å². The van der Waals surface area contributed by atoms with Gasteiger partial charge in [0.25, 0.3) is 0 Å². The van der Waals surface area contributed by atoms with Crippen molar-refractivity contribution >= 4 is 11.8 Å². The second-order valence-electron chi connectivity index (χ2n) is 5.89. The summed E-state index contributed by atoms with van der Waals surface area (Å²) in [5.41, 5.74) is 2.19. The van der Waals surface area contributed by atoms with Crippen molar-refractivity contribution < 1.29 is 0 Å². The molecule has 0 amide bonds. The van der Waals surface area contributed by atoms with Gasteiger partial charge in [-0.05, 0) is 19.0 Å². The third-order valence-corrected chi connectivity index (χ3v) is 5.22. The second-order valence-corrected chi connectivity index (χ2v) is 6.95. The Bertz CT molecular complexity index is 793. The molecular weight excluding hydrogens is 322 g/mol. The number of thioether (sulfide) groups is 1. The standard InChI is InChI=1S/C16H21N7S/c1-21-7-4-19-16(21)24-10-9-22-8-5-18-15(22)14-11-13-12-17-3-2-6-23(13)20-14/h4-5,7-8,11,17H,2-3,6,9-10,12H2,1H3. The zero-order valence-electron chi connectivity index (χ0n) is 13.7. The molecule has 3 aromatic heterocycles. The smallest absolute Gasteiger partial charge is 0.167 e. The first-order valence-electron chi connectivity index (χ1n) is 8.20. The van der Waals surface area contributed by atoms with E-state index in [4.69, 9.17) is 5.10 Å². The van der Waals surface area contributed by atoms with E-state index >= 15 is 0 Å². The average Bonchev–Trinajstić information content (AvgIpc) is 3.26. The van der Waals surface area contributed by atoms with Crippen LogP contribution in [0.1, 0.15) is 12.1 Å². The van der Waals surface area contributed by atoms with Crippen molar-refractivity contribution in [2.45, 2.75) is 31.2 Å². The summed E-state index contributed by atoms with van der Waals surface area (Å²) in [7, 11) is 2.02. The summed E-state index contributed by atoms with van der Waals surface area (Å²) in [5.74, 6) is 1.89. The van der Waals surface area contributed by atoms with E-state index in [-0.39, 0.29) is 0 Å². The predicted molar refractivity (Wildman–Crippen MR) is 93.7 cm³/mol. The molecule has 0 fully saturated rings. The van der Waals surface area contributed by atoms with Crippen molar-refractivity contribution in [2.24, 2.45) is 7.05 Å². The number of rotatable bonds is 5. The van der Waals surface area contributed by atoms with Crippen molar-refractivity contribution in [3.63, 3.8) is 0 Å². The first-order chi connectivity index (χ1) is 11.8. The fraction of sp³-hybridized carbons (Fsp3) is 0.438. The van der Waals surface area contributed by atoms with Gasteiger partial charge in [-0.2, -0.15) is 5.10 Å². The molecule has 1 N–H and O–H groups in total. The van der Waals surface area contributed by atoms with Gasteiger partial charge in [0.2, 0.25) is 0 Å². The van der Waals surface area contributed by atoms with Crippen LogP contribution in [0.25, 0.3) is 11.5 Å². The Morgan fingerprint density at radius 3 is 3.04 bits per heavy atom. The number of hydrogen-bond acceptors (Lipinski definition) is 5. The molecule has 0 bridgehead atoms. The zero-order chi connectivity index (χ0) is 16.4. The first-order valence-corrected chi connectivity index (χ1v) is 9.19. The van der Waals surface area contributed by atoms with Crippen molar-refractivity contribution in [2.75, 3.05) is 12.3 Å². The lowest BCUT2D eigenvalue weighted by Gasteiger charge is -2.06. The fourth-order valence-corrected chi connectivity index (χ4v) is 3.79. The van der Waals surface area contributed by atoms with Crippen LogP contribution in [0, 0.1) is 0 Å². The molecular formula is C16H21N7S. The van der Waals surface area contributed by atoms with Crippen LogP contribution in [0.3, 0.4) is 0 Å². The number of aromatic nitrogens is 6. The molecule has 0 saturated carbocycles. The Hall–Kier alpha value is -2.06. The highest BCUT2D eigenvalue weighted by Gasteiger charge is 2.15. The summed E-state index contributed by atoms with van der Waals surface area (Å²) in [6, 6.07) is 2.16. The summed E-state index contributed by atoms with van der Waals surface area (Å²) in [6.45, 7) is 3.78. The molecule has 4 heterocycles. The van der Waals surface area contributed by atoms with Crippen LogP contribution >= 0.6 is 11.8 Å². The topological polar surface area (TPSA) is 65.5 Å². The van der Waals surface area contributed by atoms with Gasteiger partial charge in [-0.25, -0.2) is 9.97 Å². The molecule has 24 heavy (non-hydrogen) atoms. The van der Waals surface area contributed by atoms with E-state index in [9.17, 15) is 0 Å². The molecule has 7 nitrogen and oxygen atoms in total. The summed E-state index contributed by atoms with van der Waals surface area (Å²) in [6.07, 6.45) is 8.79. The number of nitrogens with zero attached hydrogens (tertiary/aromatic N) is 6. The van der Waals surface area contributed by atoms with E-state index in [1.807, 2.05) is 36.4 Å². The average molecular weight is 343 g/mol. The van der Waals surface area contributed by atoms with E-state index in [2.05, 4.69) is 30.6 Å². The SMILES string of the molecule is Cn1ccnc1SCCn1ccnc1-c1cc2n(n1)CCCNC2. The predicted octanol–water partition coefficient (Wildman–Crippen LogP) is 1.77. The summed E-state index contributed by atoms with van der Waals surface area (Å²) < 4.78 is 6.32. The molecule has 0 saturated heterocycles. The number of aryl methyl sites for hydroxylation is 3. The lowest BCUT2D eigenvalue weighted by molar-refractivity contribution is 0.587. The van der Waals surface area contributed by atoms with Crippen LogP contribution < -0.4 is 5.32 Å². The largest absolute Gasteiger partial charge is 0.329 e. The van der Waals surface area contributed by atoms with Crippen LogP contribution in [0.4, 0.5) is 0 Å². The van der Waals surface area contributed by atoms with E-state index in [0.29, 0.717) is 0 Å². The third-order valence-electron chi connectivity index (χ3n) is 4.18. The number of imidazole rings is 2. The minimum atomic E-state index is 0.878. The molecule has 0 aromatic carbocycles. The Morgan fingerprint density at radius 1 is 1.25 bits per heavy atom. The van der Waals surface area contributed by atoms with Gasteiger partial charge in [-0.3, -0.25) is 4.68 Å². The van der Waals surface area contributed by atoms with Gasteiger partial charge in [-0.15, -0.1) is 0 Å². The quantitative estimate of drug-likeness (QED) is 0.715. The second kappa shape index (κ2) is 6.82. The van der Waals surface area contributed by atoms with Gasteiger partial charge < -0.3 is 14.5 Å². The minimum absolute atomic E-state index is 0.878. The van der Waals surface area contributed by atoms with Gasteiger partial charge in [0.15, 0.2) is 11.0 Å². The molecule has 0 radical (unpaired) electrons. The van der Waals surface area contributed by atoms with Crippen molar-refractivity contribution in [3.05, 3.63) is 36.5 Å². The maximum Gasteiger partial charge on any atom is 0.167 e. The van der Waals surface area contributed by atoms with Crippen molar-refractivity contribution in [1.82, 2.24) is 34.2 Å². The highest BCUT2D eigenvalue weighted by molar-refractivity contribution is 7.99. The summed E-state index contributed by atoms with van der Waals surface area (Å²) in [4.78, 5) is 8.87. The van der Waals surface area contributed by atoms with Crippen LogP contribution in [0.15, 0.2) is 36.0 Å². The van der Waals surface area contributed by atoms with E-state index in [1.54, 1.807) is 11.8 Å². The highest BCUT2D eigenvalue weighted by Crippen LogP contribution is 2.21. The molecule has 0 unspecified atom stereocenters. The Kier molecular flexibility index (Phi) is 4.40. The van der Waals surface area contributed by atoms with Gasteiger partial charge in [0, 0.05) is 57.2 Å². The van der Waals surface area contributed by atoms with Gasteiger partial charge in [0.1, 0.15) is 5.69 Å². The van der Waals surface area contributed by atoms with Gasteiger partial charge in [0.05, 0.1) is 5.69 Å². The maximum atomic E-state index is 4.76. The monoisotopic (exact) mass is 343 g/mol. The van der Waals surface area contributed by atoms with Crippen molar-refractivity contribution in [3.8, 4) is 11.5 Å². The molecule has 8 heteroatoms. The highest BCUT2D eigenvalue weighted by atomic mass is 32.2. The Morgan fingerprint density at radius 2 is 2.17 bits per heavy atom. The number of hydrogen-bond donors (Lipinski definition) is 1. The molecule has 3 aromatic rings.